The molecule has 1 amide bonds. The minimum absolute atomic E-state index is 0.128. The van der Waals surface area contributed by atoms with E-state index in [0.29, 0.717) is 36.9 Å². The van der Waals surface area contributed by atoms with Gasteiger partial charge in [-0.15, -0.1) is 0 Å². The molecule has 2 heterocycles. The van der Waals surface area contributed by atoms with Gasteiger partial charge in [-0.05, 0) is 45.4 Å². The van der Waals surface area contributed by atoms with Crippen molar-refractivity contribution in [3.8, 4) is 11.5 Å². The Hall–Kier alpha value is -2.74. The van der Waals surface area contributed by atoms with Gasteiger partial charge in [-0.2, -0.15) is 0 Å². The zero-order valence-electron chi connectivity index (χ0n) is 16.0. The lowest BCUT2D eigenvalue weighted by atomic mass is 10.1. The van der Waals surface area contributed by atoms with Crippen molar-refractivity contribution in [1.82, 2.24) is 10.1 Å². The van der Waals surface area contributed by atoms with Gasteiger partial charge in [-0.1, -0.05) is 17.3 Å². The van der Waals surface area contributed by atoms with Crippen LogP contribution in [0, 0.1) is 6.92 Å². The Morgan fingerprint density at radius 3 is 2.81 bits per heavy atom. The highest BCUT2D eigenvalue weighted by Crippen LogP contribution is 2.33. The van der Waals surface area contributed by atoms with Crippen LogP contribution in [0.3, 0.4) is 0 Å². The van der Waals surface area contributed by atoms with Gasteiger partial charge in [-0.25, -0.2) is 4.79 Å². The van der Waals surface area contributed by atoms with Gasteiger partial charge in [0.1, 0.15) is 23.1 Å². The molecular weight excluding hydrogens is 350 g/mol. The second-order valence-corrected chi connectivity index (χ2v) is 7.42. The number of rotatable bonds is 3. The average Bonchev–Trinajstić information content (AvgIpc) is 2.93. The summed E-state index contributed by atoms with van der Waals surface area (Å²) in [4.78, 5) is 14.0. The predicted molar refractivity (Wildman–Crippen MR) is 98.7 cm³/mol. The van der Waals surface area contributed by atoms with Crippen LogP contribution in [0.25, 0.3) is 0 Å². The Labute approximate surface area is 158 Å². The Bertz CT molecular complexity index is 792. The molecule has 1 aliphatic rings. The number of morpholine rings is 1. The Balaban J connectivity index is 1.72. The number of carbonyl (C=O) groups is 1. The van der Waals surface area contributed by atoms with Crippen molar-refractivity contribution in [2.24, 2.45) is 0 Å². The number of hydrogen-bond donors (Lipinski definition) is 1. The van der Waals surface area contributed by atoms with Crippen molar-refractivity contribution in [1.29, 1.82) is 0 Å². The van der Waals surface area contributed by atoms with Crippen molar-refractivity contribution in [2.45, 2.75) is 39.4 Å². The summed E-state index contributed by atoms with van der Waals surface area (Å²) in [7, 11) is 0. The van der Waals surface area contributed by atoms with E-state index in [-0.39, 0.29) is 18.1 Å². The molecule has 0 saturated carbocycles. The van der Waals surface area contributed by atoms with Crippen LogP contribution in [0.5, 0.6) is 11.5 Å². The number of nitrogens with two attached hydrogens (primary N) is 1. The number of benzene rings is 1. The summed E-state index contributed by atoms with van der Waals surface area (Å²) in [5.41, 5.74) is 6.67. The van der Waals surface area contributed by atoms with Crippen LogP contribution < -0.4 is 10.5 Å². The van der Waals surface area contributed by atoms with Crippen LogP contribution in [0.15, 0.2) is 28.8 Å². The molecule has 1 aromatic carbocycles. The average molecular weight is 375 g/mol. The highest BCUT2D eigenvalue weighted by Gasteiger charge is 2.29. The summed E-state index contributed by atoms with van der Waals surface area (Å²) in [6, 6.07) is 7.46. The summed E-state index contributed by atoms with van der Waals surface area (Å²) < 4.78 is 22.0. The first-order valence-corrected chi connectivity index (χ1v) is 8.82. The van der Waals surface area contributed by atoms with Gasteiger partial charge in [0.2, 0.25) is 5.75 Å². The van der Waals surface area contributed by atoms with Crippen LogP contribution in [-0.2, 0) is 9.47 Å². The van der Waals surface area contributed by atoms with Gasteiger partial charge >= 0.3 is 6.09 Å². The third-order valence-corrected chi connectivity index (χ3v) is 4.00. The standard InChI is InChI=1S/C19H25N3O5/c1-12-16(17(20)27-21-12)25-14-7-5-6-13(10-14)15-11-22(8-9-24-15)18(23)26-19(2,3)4/h5-7,10,15H,8-9,11,20H2,1-4H3/t15-/m0/s1. The number of ether oxygens (including phenoxy) is 3. The van der Waals surface area contributed by atoms with Gasteiger partial charge in [0, 0.05) is 6.54 Å². The molecule has 3 rings (SSSR count). The molecule has 1 aliphatic heterocycles. The highest BCUT2D eigenvalue weighted by atomic mass is 16.6. The van der Waals surface area contributed by atoms with E-state index in [1.54, 1.807) is 11.8 Å². The van der Waals surface area contributed by atoms with E-state index in [1.807, 2.05) is 45.0 Å². The van der Waals surface area contributed by atoms with Gasteiger partial charge in [0.15, 0.2) is 0 Å². The minimum Gasteiger partial charge on any atom is -0.450 e. The lowest BCUT2D eigenvalue weighted by molar-refractivity contribution is -0.0433. The molecule has 8 heteroatoms. The summed E-state index contributed by atoms with van der Waals surface area (Å²) in [5.74, 6) is 1.11. The number of nitrogens with zero attached hydrogens (tertiary/aromatic N) is 2. The number of carbonyl (C=O) groups excluding carboxylic acids is 1. The SMILES string of the molecule is Cc1noc(N)c1Oc1cccc([C@@H]2CN(C(=O)OC(C)(C)C)CCO2)c1. The first-order valence-electron chi connectivity index (χ1n) is 8.82. The van der Waals surface area contributed by atoms with Crippen LogP contribution in [-0.4, -0.2) is 41.4 Å². The lowest BCUT2D eigenvalue weighted by Crippen LogP contribution is -2.44. The molecule has 0 unspecified atom stereocenters. The predicted octanol–water partition coefficient (Wildman–Crippen LogP) is 3.67. The van der Waals surface area contributed by atoms with E-state index < -0.39 is 5.60 Å². The molecule has 2 aromatic rings. The summed E-state index contributed by atoms with van der Waals surface area (Å²) >= 11 is 0. The molecule has 27 heavy (non-hydrogen) atoms. The molecule has 1 fully saturated rings. The minimum atomic E-state index is -0.533. The summed E-state index contributed by atoms with van der Waals surface area (Å²) in [5, 5.41) is 3.78. The Kier molecular flexibility index (Phi) is 5.27. The van der Waals surface area contributed by atoms with Crippen molar-refractivity contribution >= 4 is 12.0 Å². The molecule has 2 N–H and O–H groups in total. The number of nitrogen functional groups attached to an aromatic ring is 1. The summed E-state index contributed by atoms with van der Waals surface area (Å²) in [6.07, 6.45) is -0.605. The quantitative estimate of drug-likeness (QED) is 0.873. The molecule has 0 radical (unpaired) electrons. The van der Waals surface area contributed by atoms with Crippen LogP contribution >= 0.6 is 0 Å². The lowest BCUT2D eigenvalue weighted by Gasteiger charge is -2.34. The third kappa shape index (κ3) is 4.71. The molecule has 0 spiro atoms. The smallest absolute Gasteiger partial charge is 0.410 e. The number of aromatic nitrogens is 1. The van der Waals surface area contributed by atoms with Crippen molar-refractivity contribution in [3.05, 3.63) is 35.5 Å². The molecule has 1 saturated heterocycles. The van der Waals surface area contributed by atoms with Gasteiger partial charge < -0.3 is 29.4 Å². The molecule has 1 atom stereocenters. The topological polar surface area (TPSA) is 100 Å². The van der Waals surface area contributed by atoms with Crippen LogP contribution in [0.1, 0.15) is 38.1 Å². The number of anilines is 1. The molecule has 1 aromatic heterocycles. The second-order valence-electron chi connectivity index (χ2n) is 7.42. The molecule has 8 nitrogen and oxygen atoms in total. The Morgan fingerprint density at radius 1 is 1.37 bits per heavy atom. The second kappa shape index (κ2) is 7.48. The van der Waals surface area contributed by atoms with Gasteiger partial charge in [0.05, 0.1) is 13.2 Å². The van der Waals surface area contributed by atoms with E-state index in [2.05, 4.69) is 5.16 Å². The van der Waals surface area contributed by atoms with E-state index >= 15 is 0 Å². The van der Waals surface area contributed by atoms with Crippen LogP contribution in [0.4, 0.5) is 10.7 Å². The fourth-order valence-corrected chi connectivity index (χ4v) is 2.74. The zero-order valence-corrected chi connectivity index (χ0v) is 16.0. The van der Waals surface area contributed by atoms with Gasteiger partial charge in [0.25, 0.3) is 5.88 Å². The fourth-order valence-electron chi connectivity index (χ4n) is 2.74. The summed E-state index contributed by atoms with van der Waals surface area (Å²) in [6.45, 7) is 8.64. The van der Waals surface area contributed by atoms with Crippen LogP contribution in [0.2, 0.25) is 0 Å². The number of aryl methyl sites for hydroxylation is 1. The van der Waals surface area contributed by atoms with Crippen molar-refractivity contribution < 1.29 is 23.5 Å². The van der Waals surface area contributed by atoms with E-state index in [4.69, 9.17) is 24.5 Å². The maximum Gasteiger partial charge on any atom is 0.410 e. The fraction of sp³-hybridized carbons (Fsp3) is 0.474. The Morgan fingerprint density at radius 2 is 2.15 bits per heavy atom. The molecule has 146 valence electrons. The highest BCUT2D eigenvalue weighted by molar-refractivity contribution is 5.68. The number of hydrogen-bond acceptors (Lipinski definition) is 7. The first kappa shape index (κ1) is 19.0. The molecule has 0 aliphatic carbocycles. The van der Waals surface area contributed by atoms with Crippen molar-refractivity contribution in [3.63, 3.8) is 0 Å². The first-order chi connectivity index (χ1) is 12.7. The molecule has 0 bridgehead atoms. The largest absolute Gasteiger partial charge is 0.450 e. The van der Waals surface area contributed by atoms with E-state index in [1.165, 1.54) is 0 Å². The van der Waals surface area contributed by atoms with E-state index in [9.17, 15) is 4.79 Å². The maximum absolute atomic E-state index is 12.3. The van der Waals surface area contributed by atoms with E-state index in [0.717, 1.165) is 5.56 Å². The molecular formula is C19H25N3O5. The zero-order chi connectivity index (χ0) is 19.6. The van der Waals surface area contributed by atoms with Crippen molar-refractivity contribution in [2.75, 3.05) is 25.4 Å². The third-order valence-electron chi connectivity index (χ3n) is 4.00. The normalized spacial score (nSPS) is 17.6. The van der Waals surface area contributed by atoms with Gasteiger partial charge in [-0.3, -0.25) is 0 Å². The maximum atomic E-state index is 12.3. The monoisotopic (exact) mass is 375 g/mol. The number of amides is 1.